The van der Waals surface area contributed by atoms with E-state index in [0.717, 1.165) is 9.90 Å². The van der Waals surface area contributed by atoms with Gasteiger partial charge in [-0.25, -0.2) is 0 Å². The lowest BCUT2D eigenvalue weighted by atomic mass is 10.2. The molecule has 0 amide bonds. The third kappa shape index (κ3) is 2.94. The number of thioether (sulfide) groups is 1. The zero-order chi connectivity index (χ0) is 13.1. The number of benzene rings is 1. The summed E-state index contributed by atoms with van der Waals surface area (Å²) in [7, 11) is 0. The van der Waals surface area contributed by atoms with E-state index in [2.05, 4.69) is 20.3 Å². The molecule has 0 atom stereocenters. The van der Waals surface area contributed by atoms with Gasteiger partial charge < -0.3 is 4.52 Å². The van der Waals surface area contributed by atoms with Crippen molar-refractivity contribution >= 4 is 34.7 Å². The molecule has 0 radical (unpaired) electrons. The van der Waals surface area contributed by atoms with Crippen molar-refractivity contribution in [2.45, 2.75) is 10.1 Å². The largest absolute Gasteiger partial charge is 0.338 e. The van der Waals surface area contributed by atoms with Gasteiger partial charge in [-0.3, -0.25) is 0 Å². The monoisotopic (exact) mass is 310 g/mol. The lowest BCUT2D eigenvalue weighted by Gasteiger charge is -1.95. The van der Waals surface area contributed by atoms with Crippen LogP contribution in [-0.2, 0) is 5.75 Å². The van der Waals surface area contributed by atoms with Crippen LogP contribution in [0.15, 0.2) is 38.6 Å². The van der Waals surface area contributed by atoms with Crippen LogP contribution in [0.4, 0.5) is 0 Å². The molecule has 19 heavy (non-hydrogen) atoms. The molecule has 0 bridgehead atoms. The highest BCUT2D eigenvalue weighted by atomic mass is 35.5. The van der Waals surface area contributed by atoms with Gasteiger partial charge in [-0.2, -0.15) is 4.98 Å². The molecule has 3 rings (SSSR count). The molecule has 0 saturated carbocycles. The van der Waals surface area contributed by atoms with Crippen molar-refractivity contribution in [1.29, 1.82) is 0 Å². The molecule has 5 nitrogen and oxygen atoms in total. The summed E-state index contributed by atoms with van der Waals surface area (Å²) in [5, 5.41) is 12.2. The fourth-order valence-electron chi connectivity index (χ4n) is 1.41. The maximum absolute atomic E-state index is 6.08. The molecular formula is C11H7ClN4OS2. The standard InChI is InChI=1S/C11H7ClN4OS2/c12-8-4-2-1-3-7(8)10-14-9(17-16-10)5-18-11-15-13-6-19-11/h1-4,6H,5H2. The number of aromatic nitrogens is 4. The number of rotatable bonds is 4. The zero-order valence-corrected chi connectivity index (χ0v) is 11.9. The molecule has 96 valence electrons. The molecule has 0 aliphatic heterocycles. The van der Waals surface area contributed by atoms with E-state index in [-0.39, 0.29) is 0 Å². The average Bonchev–Trinajstić information content (AvgIpc) is 3.08. The lowest BCUT2D eigenvalue weighted by Crippen LogP contribution is -1.83. The van der Waals surface area contributed by atoms with Crippen molar-refractivity contribution < 1.29 is 4.52 Å². The van der Waals surface area contributed by atoms with Gasteiger partial charge in [0.2, 0.25) is 11.7 Å². The number of nitrogens with zero attached hydrogens (tertiary/aromatic N) is 4. The molecular weight excluding hydrogens is 304 g/mol. The van der Waals surface area contributed by atoms with Gasteiger partial charge in [-0.1, -0.05) is 52.0 Å². The highest BCUT2D eigenvalue weighted by Gasteiger charge is 2.12. The Kier molecular flexibility index (Phi) is 3.77. The van der Waals surface area contributed by atoms with Crippen LogP contribution < -0.4 is 0 Å². The van der Waals surface area contributed by atoms with Crippen LogP contribution in [-0.4, -0.2) is 20.3 Å². The summed E-state index contributed by atoms with van der Waals surface area (Å²) in [4.78, 5) is 4.31. The molecule has 2 heterocycles. The Bertz CT molecular complexity index is 671. The minimum absolute atomic E-state index is 0.499. The van der Waals surface area contributed by atoms with E-state index in [4.69, 9.17) is 16.1 Å². The van der Waals surface area contributed by atoms with Gasteiger partial charge in [0.1, 0.15) is 5.51 Å². The zero-order valence-electron chi connectivity index (χ0n) is 9.49. The Hall–Kier alpha value is -1.44. The van der Waals surface area contributed by atoms with Gasteiger partial charge in [0.15, 0.2) is 4.34 Å². The van der Waals surface area contributed by atoms with Crippen molar-refractivity contribution in [2.75, 3.05) is 0 Å². The van der Waals surface area contributed by atoms with Crippen molar-refractivity contribution in [3.8, 4) is 11.4 Å². The Morgan fingerprint density at radius 2 is 2.21 bits per heavy atom. The van der Waals surface area contributed by atoms with E-state index in [0.29, 0.717) is 22.5 Å². The molecule has 0 unspecified atom stereocenters. The topological polar surface area (TPSA) is 64.7 Å². The Labute approximate surface area is 122 Å². The van der Waals surface area contributed by atoms with Gasteiger partial charge in [0.25, 0.3) is 0 Å². The number of hydrogen-bond donors (Lipinski definition) is 0. The highest BCUT2D eigenvalue weighted by Crippen LogP contribution is 2.27. The molecule has 0 saturated heterocycles. The molecule has 3 aromatic rings. The van der Waals surface area contributed by atoms with E-state index in [1.165, 1.54) is 23.1 Å². The van der Waals surface area contributed by atoms with E-state index >= 15 is 0 Å². The normalized spacial score (nSPS) is 10.8. The van der Waals surface area contributed by atoms with E-state index < -0.39 is 0 Å². The van der Waals surface area contributed by atoms with Crippen molar-refractivity contribution in [3.63, 3.8) is 0 Å². The van der Waals surface area contributed by atoms with Gasteiger partial charge >= 0.3 is 0 Å². The van der Waals surface area contributed by atoms with Crippen LogP contribution in [0.25, 0.3) is 11.4 Å². The molecule has 8 heteroatoms. The predicted molar refractivity (Wildman–Crippen MR) is 74.2 cm³/mol. The summed E-state index contributed by atoms with van der Waals surface area (Å²) in [5.74, 6) is 1.60. The van der Waals surface area contributed by atoms with Gasteiger partial charge in [-0.05, 0) is 12.1 Å². The first-order valence-electron chi connectivity index (χ1n) is 5.29. The molecule has 1 aromatic carbocycles. The van der Waals surface area contributed by atoms with E-state index in [9.17, 15) is 0 Å². The maximum atomic E-state index is 6.08. The summed E-state index contributed by atoms with van der Waals surface area (Å²) in [6.45, 7) is 0. The summed E-state index contributed by atoms with van der Waals surface area (Å²) in [6, 6.07) is 7.39. The van der Waals surface area contributed by atoms with Crippen LogP contribution in [0, 0.1) is 0 Å². The molecule has 2 aromatic heterocycles. The fraction of sp³-hybridized carbons (Fsp3) is 0.0909. The van der Waals surface area contributed by atoms with E-state index in [1.54, 1.807) is 11.6 Å². The van der Waals surface area contributed by atoms with Gasteiger partial charge in [0.05, 0.1) is 10.8 Å². The molecule has 0 aliphatic rings. The first-order valence-corrected chi connectivity index (χ1v) is 7.54. The highest BCUT2D eigenvalue weighted by molar-refractivity contribution is 8.00. The Morgan fingerprint density at radius 3 is 3.00 bits per heavy atom. The van der Waals surface area contributed by atoms with Crippen molar-refractivity contribution in [3.05, 3.63) is 40.7 Å². The molecule has 0 aliphatic carbocycles. The Morgan fingerprint density at radius 1 is 1.32 bits per heavy atom. The number of hydrogen-bond acceptors (Lipinski definition) is 7. The maximum Gasteiger partial charge on any atom is 0.237 e. The fourth-order valence-corrected chi connectivity index (χ4v) is 2.96. The predicted octanol–water partition coefficient (Wildman–Crippen LogP) is 3.53. The van der Waals surface area contributed by atoms with Crippen LogP contribution >= 0.6 is 34.7 Å². The third-order valence-corrected chi connectivity index (χ3v) is 4.42. The van der Waals surface area contributed by atoms with E-state index in [1.807, 2.05) is 18.2 Å². The number of halogens is 1. The van der Waals surface area contributed by atoms with Gasteiger partial charge in [0, 0.05) is 5.56 Å². The van der Waals surface area contributed by atoms with Crippen molar-refractivity contribution in [1.82, 2.24) is 20.3 Å². The third-order valence-electron chi connectivity index (χ3n) is 2.24. The molecule has 0 fully saturated rings. The summed E-state index contributed by atoms with van der Waals surface area (Å²) in [5.41, 5.74) is 2.45. The molecule has 0 spiro atoms. The van der Waals surface area contributed by atoms with Crippen LogP contribution in [0.2, 0.25) is 5.02 Å². The molecule has 0 N–H and O–H groups in total. The van der Waals surface area contributed by atoms with Crippen LogP contribution in [0.3, 0.4) is 0 Å². The summed E-state index contributed by atoms with van der Waals surface area (Å²) < 4.78 is 6.06. The second-order valence-corrected chi connectivity index (χ2v) is 5.95. The minimum Gasteiger partial charge on any atom is -0.338 e. The second-order valence-electron chi connectivity index (χ2n) is 3.48. The minimum atomic E-state index is 0.499. The quantitative estimate of drug-likeness (QED) is 0.687. The van der Waals surface area contributed by atoms with Crippen LogP contribution in [0.1, 0.15) is 5.89 Å². The first-order chi connectivity index (χ1) is 9.33. The smallest absolute Gasteiger partial charge is 0.237 e. The Balaban J connectivity index is 1.75. The van der Waals surface area contributed by atoms with Crippen molar-refractivity contribution in [2.24, 2.45) is 0 Å². The average molecular weight is 311 g/mol. The summed E-state index contributed by atoms with van der Waals surface area (Å²) >= 11 is 9.07. The summed E-state index contributed by atoms with van der Waals surface area (Å²) in [6.07, 6.45) is 0. The first kappa shape index (κ1) is 12.6. The SMILES string of the molecule is Clc1ccccc1-c1noc(CSc2nncs2)n1. The lowest BCUT2D eigenvalue weighted by molar-refractivity contribution is 0.391. The second kappa shape index (κ2) is 5.68. The van der Waals surface area contributed by atoms with Gasteiger partial charge in [-0.15, -0.1) is 10.2 Å². The van der Waals surface area contributed by atoms with Crippen LogP contribution in [0.5, 0.6) is 0 Å².